The summed E-state index contributed by atoms with van der Waals surface area (Å²) in [7, 11) is -2.17. The van der Waals surface area contributed by atoms with Crippen LogP contribution < -0.4 is 0 Å². The Balaban J connectivity index is 3.07. The molecule has 0 heterocycles. The number of carbonyl (C=O) groups is 2. The Bertz CT molecular complexity index is 736. The number of benzene rings is 1. The zero-order chi connectivity index (χ0) is 24.7. The average Bonchev–Trinajstić information content (AvgIpc) is 2.70. The zero-order valence-corrected chi connectivity index (χ0v) is 22.8. The van der Waals surface area contributed by atoms with Crippen LogP contribution in [0.1, 0.15) is 61.0 Å². The zero-order valence-electron chi connectivity index (χ0n) is 21.8. The van der Waals surface area contributed by atoms with Crippen molar-refractivity contribution in [3.63, 3.8) is 0 Å². The molecule has 0 amide bonds. The Labute approximate surface area is 196 Å². The van der Waals surface area contributed by atoms with Crippen LogP contribution in [-0.4, -0.2) is 39.4 Å². The van der Waals surface area contributed by atoms with Crippen molar-refractivity contribution >= 4 is 20.1 Å². The minimum absolute atomic E-state index is 0.00467. The Morgan fingerprint density at radius 3 is 2.06 bits per heavy atom. The molecular weight excluding hydrogens is 420 g/mol. The van der Waals surface area contributed by atoms with Crippen LogP contribution >= 0.6 is 0 Å². The number of hydrogen-bond donors (Lipinski definition) is 0. The average molecular weight is 465 g/mol. The molecule has 0 saturated heterocycles. The fraction of sp³-hybridized carbons (Fsp3) is 0.692. The Hall–Kier alpha value is -1.50. The lowest BCUT2D eigenvalue weighted by Gasteiger charge is -2.43. The first kappa shape index (κ1) is 28.5. The van der Waals surface area contributed by atoms with Crippen molar-refractivity contribution in [1.82, 2.24) is 0 Å². The first-order chi connectivity index (χ1) is 14.6. The third-order valence-corrected chi connectivity index (χ3v) is 11.1. The number of hydrogen-bond acceptors (Lipinski definition) is 5. The Kier molecular flexibility index (Phi) is 10.3. The second-order valence-electron chi connectivity index (χ2n) is 10.8. The van der Waals surface area contributed by atoms with Gasteiger partial charge in [0, 0.05) is 11.8 Å². The molecule has 0 aliphatic rings. The molecule has 0 spiro atoms. The maximum absolute atomic E-state index is 13.5. The summed E-state index contributed by atoms with van der Waals surface area (Å²) in [5, 5.41) is -0.00467. The van der Waals surface area contributed by atoms with Crippen LogP contribution in [-0.2, 0) is 30.1 Å². The van der Waals surface area contributed by atoms with Gasteiger partial charge in [0.05, 0.1) is 25.9 Å². The van der Waals surface area contributed by atoms with E-state index < -0.39 is 25.6 Å². The van der Waals surface area contributed by atoms with Gasteiger partial charge < -0.3 is 13.9 Å². The van der Waals surface area contributed by atoms with Gasteiger partial charge in [-0.1, -0.05) is 65.0 Å². The lowest BCUT2D eigenvalue weighted by Crippen LogP contribution is -2.51. The quantitative estimate of drug-likeness (QED) is 0.215. The van der Waals surface area contributed by atoms with E-state index in [0.717, 1.165) is 5.56 Å². The van der Waals surface area contributed by atoms with Gasteiger partial charge in [0.2, 0.25) is 0 Å². The molecule has 0 fully saturated rings. The molecule has 32 heavy (non-hydrogen) atoms. The smallest absolute Gasteiger partial charge is 0.319 e. The highest BCUT2D eigenvalue weighted by molar-refractivity contribution is 6.74. The number of ether oxygens (including phenoxy) is 2. The van der Waals surface area contributed by atoms with Gasteiger partial charge in [-0.2, -0.15) is 0 Å². The van der Waals surface area contributed by atoms with Gasteiger partial charge in [-0.3, -0.25) is 9.59 Å². The predicted octanol–water partition coefficient (Wildman–Crippen LogP) is 6.02. The number of Topliss-reactive ketones (excluding diaryl/α,β-unsaturated/α-hetero) is 1. The third kappa shape index (κ3) is 7.53. The lowest BCUT2D eigenvalue weighted by atomic mass is 9.77. The lowest BCUT2D eigenvalue weighted by molar-refractivity contribution is -0.160. The van der Waals surface area contributed by atoms with Gasteiger partial charge in [0.1, 0.15) is 5.41 Å². The van der Waals surface area contributed by atoms with Gasteiger partial charge in [-0.15, -0.1) is 0 Å². The van der Waals surface area contributed by atoms with Crippen LogP contribution in [0.25, 0.3) is 0 Å². The van der Waals surface area contributed by atoms with Crippen molar-refractivity contribution in [1.29, 1.82) is 0 Å². The van der Waals surface area contributed by atoms with Gasteiger partial charge >= 0.3 is 5.97 Å². The molecule has 1 aromatic carbocycles. The van der Waals surface area contributed by atoms with Gasteiger partial charge in [0.25, 0.3) is 0 Å². The number of ketones is 1. The van der Waals surface area contributed by atoms with Crippen molar-refractivity contribution in [2.75, 3.05) is 13.2 Å². The van der Waals surface area contributed by atoms with Crippen molar-refractivity contribution in [2.45, 2.75) is 86.2 Å². The molecule has 0 saturated carbocycles. The molecule has 0 unspecified atom stereocenters. The molecule has 1 aromatic rings. The van der Waals surface area contributed by atoms with Gasteiger partial charge in [-0.05, 0) is 44.5 Å². The molecule has 182 valence electrons. The second-order valence-corrected chi connectivity index (χ2v) is 15.6. The fourth-order valence-electron chi connectivity index (χ4n) is 3.39. The summed E-state index contributed by atoms with van der Waals surface area (Å²) in [5.74, 6) is -1.14. The normalized spacial score (nSPS) is 15.7. The summed E-state index contributed by atoms with van der Waals surface area (Å²) in [4.78, 5) is 25.9. The van der Waals surface area contributed by atoms with E-state index in [4.69, 9.17) is 13.9 Å². The van der Waals surface area contributed by atoms with E-state index in [1.54, 1.807) is 20.8 Å². The van der Waals surface area contributed by atoms with Crippen molar-refractivity contribution in [3.05, 3.63) is 35.9 Å². The highest BCUT2D eigenvalue weighted by Crippen LogP contribution is 2.40. The summed E-state index contributed by atoms with van der Waals surface area (Å²) in [6.45, 7) is 21.1. The number of esters is 1. The fourth-order valence-corrected chi connectivity index (χ4v) is 4.86. The summed E-state index contributed by atoms with van der Waals surface area (Å²) in [6.07, 6.45) is -0.354. The van der Waals surface area contributed by atoms with Crippen LogP contribution in [0.15, 0.2) is 30.3 Å². The van der Waals surface area contributed by atoms with E-state index in [1.165, 1.54) is 0 Å². The van der Waals surface area contributed by atoms with Gasteiger partial charge in [0.15, 0.2) is 14.1 Å². The molecule has 0 radical (unpaired) electrons. The maximum atomic E-state index is 13.5. The van der Waals surface area contributed by atoms with E-state index in [-0.39, 0.29) is 29.5 Å². The Morgan fingerprint density at radius 2 is 1.56 bits per heavy atom. The highest BCUT2D eigenvalue weighted by atomic mass is 28.4. The SMILES string of the molecule is CCOC(=O)C(C)(C)C(=O)[C@H](C)[C@@H](O[Si](C)(C)C(C)(C)C)[C@@H](C)COCc1ccccc1. The van der Waals surface area contributed by atoms with Crippen LogP contribution in [0.4, 0.5) is 0 Å². The summed E-state index contributed by atoms with van der Waals surface area (Å²) < 4.78 is 17.9. The van der Waals surface area contributed by atoms with E-state index in [9.17, 15) is 9.59 Å². The van der Waals surface area contributed by atoms with E-state index in [2.05, 4.69) is 40.8 Å². The summed E-state index contributed by atoms with van der Waals surface area (Å²) >= 11 is 0. The largest absolute Gasteiger partial charge is 0.465 e. The minimum atomic E-state index is -2.17. The first-order valence-corrected chi connectivity index (χ1v) is 14.6. The predicted molar refractivity (Wildman–Crippen MR) is 132 cm³/mol. The summed E-state index contributed by atoms with van der Waals surface area (Å²) in [6, 6.07) is 10.0. The third-order valence-electron chi connectivity index (χ3n) is 6.60. The van der Waals surface area contributed by atoms with Gasteiger partial charge in [-0.25, -0.2) is 0 Å². The van der Waals surface area contributed by atoms with E-state index in [1.807, 2.05) is 37.3 Å². The molecule has 0 aliphatic carbocycles. The molecule has 0 N–H and O–H groups in total. The molecule has 6 heteroatoms. The Morgan fingerprint density at radius 1 is 1.00 bits per heavy atom. The molecule has 5 nitrogen and oxygen atoms in total. The minimum Gasteiger partial charge on any atom is -0.465 e. The van der Waals surface area contributed by atoms with E-state index in [0.29, 0.717) is 13.2 Å². The maximum Gasteiger partial charge on any atom is 0.319 e. The van der Waals surface area contributed by atoms with Crippen molar-refractivity contribution in [3.8, 4) is 0 Å². The molecule has 0 aromatic heterocycles. The van der Waals surface area contributed by atoms with Crippen LogP contribution in [0, 0.1) is 17.3 Å². The summed E-state index contributed by atoms with van der Waals surface area (Å²) in [5.41, 5.74) is -0.121. The standard InChI is InChI=1S/C26H44O5Si/c1-11-30-24(28)26(7,8)23(27)20(3)22(31-32(9,10)25(4,5)6)19(2)17-29-18-21-15-13-12-14-16-21/h12-16,19-20,22H,11,17-18H2,1-10H3/t19-,20+,22-/m0/s1. The molecule has 3 atom stereocenters. The van der Waals surface area contributed by atoms with Crippen LogP contribution in [0.5, 0.6) is 0 Å². The molecule has 0 bridgehead atoms. The van der Waals surface area contributed by atoms with Crippen molar-refractivity contribution in [2.24, 2.45) is 17.3 Å². The monoisotopic (exact) mass is 464 g/mol. The number of carbonyl (C=O) groups excluding carboxylic acids is 2. The van der Waals surface area contributed by atoms with E-state index >= 15 is 0 Å². The van der Waals surface area contributed by atoms with Crippen molar-refractivity contribution < 1.29 is 23.5 Å². The topological polar surface area (TPSA) is 61.8 Å². The number of rotatable bonds is 12. The second kappa shape index (κ2) is 11.6. The molecule has 1 rings (SSSR count). The highest BCUT2D eigenvalue weighted by Gasteiger charge is 2.47. The first-order valence-electron chi connectivity index (χ1n) is 11.7. The van der Waals surface area contributed by atoms with Crippen LogP contribution in [0.3, 0.4) is 0 Å². The molecular formula is C26H44O5Si. The van der Waals surface area contributed by atoms with Crippen LogP contribution in [0.2, 0.25) is 18.1 Å². The molecule has 0 aliphatic heterocycles.